The second-order valence-corrected chi connectivity index (χ2v) is 5.39. The molecule has 1 heterocycles. The lowest BCUT2D eigenvalue weighted by atomic mass is 10.2. The quantitative estimate of drug-likeness (QED) is 0.911. The van der Waals surface area contributed by atoms with Crippen LogP contribution in [-0.2, 0) is 9.53 Å². The van der Waals surface area contributed by atoms with Crippen LogP contribution >= 0.6 is 11.3 Å². The molecule has 1 aromatic heterocycles. The van der Waals surface area contributed by atoms with Gasteiger partial charge in [0, 0.05) is 22.3 Å². The summed E-state index contributed by atoms with van der Waals surface area (Å²) in [6, 6.07) is 6.93. The van der Waals surface area contributed by atoms with E-state index in [2.05, 4.69) is 15.0 Å². The first-order chi connectivity index (χ1) is 10.3. The highest BCUT2D eigenvalue weighted by Gasteiger charge is 2.27. The molecule has 2 aromatic rings. The van der Waals surface area contributed by atoms with Crippen molar-refractivity contribution in [1.29, 1.82) is 0 Å². The number of rotatable bonds is 5. The zero-order chi connectivity index (χ0) is 16.2. The summed E-state index contributed by atoms with van der Waals surface area (Å²) in [6.07, 6.45) is -4.44. The van der Waals surface area contributed by atoms with Gasteiger partial charge in [-0.3, -0.25) is 4.79 Å². The molecule has 1 aromatic carbocycles. The van der Waals surface area contributed by atoms with Crippen molar-refractivity contribution in [3.8, 4) is 10.6 Å². The minimum atomic E-state index is -4.44. The summed E-state index contributed by atoms with van der Waals surface area (Å²) in [6.45, 7) is -0.220. The molecule has 2 rings (SSSR count). The number of hydrogen-bond donors (Lipinski definition) is 1. The fourth-order valence-corrected chi connectivity index (χ4v) is 2.47. The molecule has 1 amide bonds. The maximum atomic E-state index is 11.9. The maximum Gasteiger partial charge on any atom is 0.411 e. The number of carbonyl (C=O) groups excluding carboxylic acids is 1. The molecule has 1 N–H and O–H groups in total. The van der Waals surface area contributed by atoms with Crippen LogP contribution in [-0.4, -0.2) is 30.3 Å². The van der Waals surface area contributed by atoms with Crippen LogP contribution in [0.4, 0.5) is 18.9 Å². The molecule has 0 saturated heterocycles. The topological polar surface area (TPSA) is 51.2 Å². The summed E-state index contributed by atoms with van der Waals surface area (Å²) >= 11 is 1.47. The number of aryl methyl sites for hydroxylation is 1. The van der Waals surface area contributed by atoms with Gasteiger partial charge in [-0.25, -0.2) is 4.98 Å². The first-order valence-electron chi connectivity index (χ1n) is 6.30. The van der Waals surface area contributed by atoms with Gasteiger partial charge in [0.1, 0.15) is 18.2 Å². The van der Waals surface area contributed by atoms with E-state index in [9.17, 15) is 18.0 Å². The second kappa shape index (κ2) is 6.89. The number of carbonyl (C=O) groups is 1. The number of alkyl halides is 3. The van der Waals surface area contributed by atoms with Gasteiger partial charge in [-0.05, 0) is 19.1 Å². The van der Waals surface area contributed by atoms with Gasteiger partial charge in [-0.15, -0.1) is 11.3 Å². The fourth-order valence-electron chi connectivity index (χ4n) is 1.67. The molecule has 118 valence electrons. The Bertz CT molecular complexity index is 656. The van der Waals surface area contributed by atoms with Crippen LogP contribution in [0.2, 0.25) is 0 Å². The van der Waals surface area contributed by atoms with E-state index in [0.29, 0.717) is 5.69 Å². The number of benzene rings is 1. The highest BCUT2D eigenvalue weighted by molar-refractivity contribution is 7.13. The van der Waals surface area contributed by atoms with Gasteiger partial charge in [0.15, 0.2) is 0 Å². The van der Waals surface area contributed by atoms with Crippen molar-refractivity contribution in [2.75, 3.05) is 18.5 Å². The molecule has 8 heteroatoms. The van der Waals surface area contributed by atoms with E-state index in [1.54, 1.807) is 18.2 Å². The third kappa shape index (κ3) is 5.12. The summed E-state index contributed by atoms with van der Waals surface area (Å²) in [7, 11) is 0. The number of amides is 1. The molecular formula is C14H13F3N2O2S. The molecule has 4 nitrogen and oxygen atoms in total. The first-order valence-corrected chi connectivity index (χ1v) is 7.18. The van der Waals surface area contributed by atoms with Gasteiger partial charge in [0.25, 0.3) is 0 Å². The number of aromatic nitrogens is 1. The van der Waals surface area contributed by atoms with Gasteiger partial charge in [0.05, 0.1) is 0 Å². The van der Waals surface area contributed by atoms with E-state index < -0.39 is 25.3 Å². The highest BCUT2D eigenvalue weighted by atomic mass is 32.1. The minimum Gasteiger partial charge on any atom is -0.362 e. The monoisotopic (exact) mass is 330 g/mol. The summed E-state index contributed by atoms with van der Waals surface area (Å²) in [4.78, 5) is 15.9. The summed E-state index contributed by atoms with van der Waals surface area (Å²) in [5, 5.41) is 5.21. The fraction of sp³-hybridized carbons (Fsp3) is 0.286. The Labute approximate surface area is 128 Å². The van der Waals surface area contributed by atoms with E-state index in [1.165, 1.54) is 11.3 Å². The average molecular weight is 330 g/mol. The van der Waals surface area contributed by atoms with E-state index >= 15 is 0 Å². The van der Waals surface area contributed by atoms with Crippen LogP contribution < -0.4 is 5.32 Å². The molecule has 0 bridgehead atoms. The van der Waals surface area contributed by atoms with Crippen molar-refractivity contribution < 1.29 is 22.7 Å². The van der Waals surface area contributed by atoms with Crippen LogP contribution in [0.5, 0.6) is 0 Å². The van der Waals surface area contributed by atoms with Crippen molar-refractivity contribution in [3.05, 3.63) is 35.3 Å². The Morgan fingerprint density at radius 3 is 2.82 bits per heavy atom. The van der Waals surface area contributed by atoms with Gasteiger partial charge in [0.2, 0.25) is 5.91 Å². The normalized spacial score (nSPS) is 11.5. The van der Waals surface area contributed by atoms with Gasteiger partial charge < -0.3 is 10.1 Å². The Morgan fingerprint density at radius 1 is 1.41 bits per heavy atom. The van der Waals surface area contributed by atoms with Crippen LogP contribution in [0.15, 0.2) is 29.6 Å². The lowest BCUT2D eigenvalue weighted by molar-refractivity contribution is -0.174. The van der Waals surface area contributed by atoms with Crippen LogP contribution in [0, 0.1) is 6.92 Å². The molecule has 0 spiro atoms. The molecular weight excluding hydrogens is 317 g/mol. The lowest BCUT2D eigenvalue weighted by Crippen LogP contribution is -2.23. The van der Waals surface area contributed by atoms with Crippen LogP contribution in [0.3, 0.4) is 0 Å². The van der Waals surface area contributed by atoms with Crippen molar-refractivity contribution >= 4 is 22.9 Å². The minimum absolute atomic E-state index is 0.478. The number of thiazole rings is 1. The molecule has 0 atom stereocenters. The van der Waals surface area contributed by atoms with E-state index in [1.807, 2.05) is 18.4 Å². The molecule has 0 saturated carbocycles. The summed E-state index contributed by atoms with van der Waals surface area (Å²) in [5.74, 6) is -0.642. The zero-order valence-electron chi connectivity index (χ0n) is 11.6. The number of halogens is 3. The van der Waals surface area contributed by atoms with Crippen molar-refractivity contribution in [3.63, 3.8) is 0 Å². The Kier molecular flexibility index (Phi) is 5.15. The van der Waals surface area contributed by atoms with Crippen molar-refractivity contribution in [2.24, 2.45) is 0 Å². The number of nitrogens with zero attached hydrogens (tertiary/aromatic N) is 1. The smallest absolute Gasteiger partial charge is 0.362 e. The standard InChI is InChI=1S/C14H13F3N2O2S/c1-9-7-22-13(18-9)10-3-2-4-11(5-10)19-12(20)6-21-8-14(15,16)17/h2-5,7H,6,8H2,1H3,(H,19,20). The summed E-state index contributed by atoms with van der Waals surface area (Å²) < 4.78 is 40.0. The second-order valence-electron chi connectivity index (χ2n) is 4.53. The largest absolute Gasteiger partial charge is 0.411 e. The third-order valence-corrected chi connectivity index (χ3v) is 3.52. The molecule has 0 unspecified atom stereocenters. The van der Waals surface area contributed by atoms with E-state index in [4.69, 9.17) is 0 Å². The predicted octanol–water partition coefficient (Wildman–Crippen LogP) is 3.64. The predicted molar refractivity (Wildman–Crippen MR) is 77.8 cm³/mol. The van der Waals surface area contributed by atoms with Crippen molar-refractivity contribution in [1.82, 2.24) is 4.98 Å². The molecule has 22 heavy (non-hydrogen) atoms. The number of anilines is 1. The Morgan fingerprint density at radius 2 is 2.18 bits per heavy atom. The molecule has 0 aliphatic heterocycles. The number of nitrogens with one attached hydrogen (secondary N) is 1. The Balaban J connectivity index is 1.94. The van der Waals surface area contributed by atoms with Gasteiger partial charge >= 0.3 is 6.18 Å². The average Bonchev–Trinajstić information content (AvgIpc) is 2.84. The highest BCUT2D eigenvalue weighted by Crippen LogP contribution is 2.25. The lowest BCUT2D eigenvalue weighted by Gasteiger charge is -2.09. The van der Waals surface area contributed by atoms with Crippen LogP contribution in [0.25, 0.3) is 10.6 Å². The van der Waals surface area contributed by atoms with Gasteiger partial charge in [-0.1, -0.05) is 12.1 Å². The van der Waals surface area contributed by atoms with E-state index in [-0.39, 0.29) is 0 Å². The molecule has 0 aliphatic rings. The molecule has 0 radical (unpaired) electrons. The zero-order valence-corrected chi connectivity index (χ0v) is 12.4. The molecule has 0 fully saturated rings. The summed E-state index contributed by atoms with van der Waals surface area (Å²) in [5.41, 5.74) is 2.20. The van der Waals surface area contributed by atoms with Crippen molar-refractivity contribution in [2.45, 2.75) is 13.1 Å². The molecule has 0 aliphatic carbocycles. The first kappa shape index (κ1) is 16.4. The van der Waals surface area contributed by atoms with Gasteiger partial charge in [-0.2, -0.15) is 13.2 Å². The number of ether oxygens (including phenoxy) is 1. The van der Waals surface area contributed by atoms with E-state index in [0.717, 1.165) is 16.3 Å². The van der Waals surface area contributed by atoms with Crippen LogP contribution in [0.1, 0.15) is 5.69 Å². The SMILES string of the molecule is Cc1csc(-c2cccc(NC(=O)COCC(F)(F)F)c2)n1. The third-order valence-electron chi connectivity index (χ3n) is 2.51. The Hall–Kier alpha value is -1.93. The maximum absolute atomic E-state index is 11.9. The number of hydrogen-bond acceptors (Lipinski definition) is 4.